The number of nitrogens with zero attached hydrogens (tertiary/aromatic N) is 3. The molecule has 1 aliphatic rings. The molecule has 0 aromatic carbocycles. The smallest absolute Gasteiger partial charge is 0.308 e. The first-order chi connectivity index (χ1) is 11.4. The number of carboxylic acid groups (broad SMARTS) is 1. The van der Waals surface area contributed by atoms with Crippen molar-refractivity contribution in [2.45, 2.75) is 39.5 Å². The lowest BCUT2D eigenvalue weighted by molar-refractivity contribution is -0.143. The molecule has 0 radical (unpaired) electrons. The van der Waals surface area contributed by atoms with Gasteiger partial charge in [0.1, 0.15) is 0 Å². The van der Waals surface area contributed by atoms with Crippen LogP contribution in [0.25, 0.3) is 11.1 Å². The fourth-order valence-electron chi connectivity index (χ4n) is 3.11. The van der Waals surface area contributed by atoms with E-state index in [9.17, 15) is 14.7 Å². The van der Waals surface area contributed by atoms with Crippen molar-refractivity contribution in [1.82, 2.24) is 15.0 Å². The van der Waals surface area contributed by atoms with Crippen molar-refractivity contribution in [3.63, 3.8) is 0 Å². The van der Waals surface area contributed by atoms with Crippen molar-refractivity contribution in [3.8, 4) is 0 Å². The number of amides is 1. The molecule has 0 unspecified atom stereocenters. The number of piperidine rings is 1. The molecule has 1 amide bonds. The number of rotatable bonds is 3. The summed E-state index contributed by atoms with van der Waals surface area (Å²) in [4.78, 5) is 30.3. The van der Waals surface area contributed by atoms with Gasteiger partial charge in [-0.15, -0.1) is 0 Å². The van der Waals surface area contributed by atoms with Crippen LogP contribution in [0.4, 0.5) is 0 Å². The number of carbonyl (C=O) groups excluding carboxylic acids is 1. The number of aromatic nitrogens is 2. The van der Waals surface area contributed by atoms with Crippen LogP contribution in [-0.2, 0) is 4.79 Å². The van der Waals surface area contributed by atoms with E-state index in [1.54, 1.807) is 17.9 Å². The molecule has 24 heavy (non-hydrogen) atoms. The van der Waals surface area contributed by atoms with Gasteiger partial charge in [-0.1, -0.05) is 19.0 Å². The van der Waals surface area contributed by atoms with E-state index in [2.05, 4.69) is 10.1 Å². The molecule has 1 N–H and O–H groups in total. The van der Waals surface area contributed by atoms with Gasteiger partial charge in [-0.05, 0) is 31.7 Å². The number of pyridine rings is 1. The maximum Gasteiger partial charge on any atom is 0.308 e. The number of carboxylic acids is 1. The number of aliphatic carboxylic acids is 1. The average molecular weight is 331 g/mol. The van der Waals surface area contributed by atoms with Gasteiger partial charge in [0.05, 0.1) is 22.6 Å². The Morgan fingerprint density at radius 1 is 1.42 bits per heavy atom. The van der Waals surface area contributed by atoms with E-state index < -0.39 is 11.9 Å². The molecule has 1 atom stereocenters. The Morgan fingerprint density at radius 3 is 2.83 bits per heavy atom. The Labute approximate surface area is 139 Å². The first-order valence-corrected chi connectivity index (χ1v) is 8.17. The number of fused-ring (bicyclic) bond motifs is 1. The summed E-state index contributed by atoms with van der Waals surface area (Å²) in [5.41, 5.74) is 2.22. The third-order valence-corrected chi connectivity index (χ3v) is 4.52. The van der Waals surface area contributed by atoms with Crippen LogP contribution in [0.5, 0.6) is 0 Å². The fraction of sp³-hybridized carbons (Fsp3) is 0.529. The molecule has 0 spiro atoms. The van der Waals surface area contributed by atoms with Crippen LogP contribution in [0.3, 0.4) is 0 Å². The molecule has 3 heterocycles. The minimum absolute atomic E-state index is 0.138. The minimum atomic E-state index is -0.851. The molecular weight excluding hydrogens is 310 g/mol. The summed E-state index contributed by atoms with van der Waals surface area (Å²) < 4.78 is 5.25. The molecule has 7 heteroatoms. The largest absolute Gasteiger partial charge is 0.481 e. The summed E-state index contributed by atoms with van der Waals surface area (Å²) in [5, 5.41) is 13.8. The Balaban J connectivity index is 2.02. The molecular formula is C17H21N3O4. The SMILES string of the molecule is Cc1noc2nc(C(C)C)cc(C(=O)N3CCC[C@H](C(=O)O)C3)c12. The summed E-state index contributed by atoms with van der Waals surface area (Å²) in [7, 11) is 0. The molecule has 7 nitrogen and oxygen atoms in total. The summed E-state index contributed by atoms with van der Waals surface area (Å²) in [5.74, 6) is -1.40. The standard InChI is InChI=1S/C17H21N3O4/c1-9(2)13-7-12(14-10(3)19-24-15(14)18-13)16(21)20-6-4-5-11(8-20)17(22)23/h7,9,11H,4-6,8H2,1-3H3,(H,22,23)/t11-/m0/s1. The van der Waals surface area contributed by atoms with E-state index in [-0.39, 0.29) is 18.4 Å². The highest BCUT2D eigenvalue weighted by molar-refractivity contribution is 6.06. The third kappa shape index (κ3) is 2.86. The second kappa shape index (κ2) is 6.22. The van der Waals surface area contributed by atoms with Gasteiger partial charge < -0.3 is 14.5 Å². The lowest BCUT2D eigenvalue weighted by atomic mass is 9.96. The van der Waals surface area contributed by atoms with E-state index in [0.29, 0.717) is 41.7 Å². The zero-order valence-corrected chi connectivity index (χ0v) is 14.1. The summed E-state index contributed by atoms with van der Waals surface area (Å²) in [6.07, 6.45) is 1.30. The topological polar surface area (TPSA) is 96.5 Å². The molecule has 1 saturated heterocycles. The van der Waals surface area contributed by atoms with Crippen molar-refractivity contribution in [2.24, 2.45) is 5.92 Å². The van der Waals surface area contributed by atoms with Crippen LogP contribution in [0, 0.1) is 12.8 Å². The molecule has 2 aromatic heterocycles. The van der Waals surface area contributed by atoms with Crippen molar-refractivity contribution in [2.75, 3.05) is 13.1 Å². The highest BCUT2D eigenvalue weighted by atomic mass is 16.5. The second-order valence-electron chi connectivity index (χ2n) is 6.63. The van der Waals surface area contributed by atoms with Crippen LogP contribution in [0.1, 0.15) is 54.4 Å². The van der Waals surface area contributed by atoms with Gasteiger partial charge in [0.15, 0.2) is 0 Å². The quantitative estimate of drug-likeness (QED) is 0.928. The van der Waals surface area contributed by atoms with Gasteiger partial charge in [-0.2, -0.15) is 0 Å². The van der Waals surface area contributed by atoms with Crippen LogP contribution in [-0.4, -0.2) is 45.1 Å². The van der Waals surface area contributed by atoms with E-state index >= 15 is 0 Å². The summed E-state index contributed by atoms with van der Waals surface area (Å²) >= 11 is 0. The van der Waals surface area contributed by atoms with Gasteiger partial charge in [0.2, 0.25) is 0 Å². The van der Waals surface area contributed by atoms with Crippen molar-refractivity contribution < 1.29 is 19.2 Å². The van der Waals surface area contributed by atoms with Crippen LogP contribution in [0.2, 0.25) is 0 Å². The Kier molecular flexibility index (Phi) is 4.26. The highest BCUT2D eigenvalue weighted by Crippen LogP contribution is 2.27. The summed E-state index contributed by atoms with van der Waals surface area (Å²) in [6, 6.07) is 1.78. The number of likely N-dealkylation sites (tertiary alicyclic amines) is 1. The molecule has 1 aliphatic heterocycles. The van der Waals surface area contributed by atoms with Gasteiger partial charge in [0, 0.05) is 18.8 Å². The van der Waals surface area contributed by atoms with Gasteiger partial charge >= 0.3 is 5.97 Å². The van der Waals surface area contributed by atoms with Gasteiger partial charge in [-0.3, -0.25) is 9.59 Å². The predicted octanol–water partition coefficient (Wildman–Crippen LogP) is 2.59. The second-order valence-corrected chi connectivity index (χ2v) is 6.63. The van der Waals surface area contributed by atoms with Crippen LogP contribution >= 0.6 is 0 Å². The normalized spacial score (nSPS) is 18.3. The van der Waals surface area contributed by atoms with Crippen LogP contribution in [0.15, 0.2) is 10.6 Å². The van der Waals surface area contributed by atoms with Gasteiger partial charge in [-0.25, -0.2) is 4.98 Å². The zero-order chi connectivity index (χ0) is 17.4. The lowest BCUT2D eigenvalue weighted by Gasteiger charge is -2.31. The predicted molar refractivity (Wildman–Crippen MR) is 86.9 cm³/mol. The zero-order valence-electron chi connectivity index (χ0n) is 14.1. The molecule has 1 fully saturated rings. The van der Waals surface area contributed by atoms with E-state index in [0.717, 1.165) is 5.69 Å². The van der Waals surface area contributed by atoms with Crippen molar-refractivity contribution in [3.05, 3.63) is 23.0 Å². The maximum atomic E-state index is 13.0. The van der Waals surface area contributed by atoms with Crippen molar-refractivity contribution >= 4 is 23.0 Å². The number of aryl methyl sites for hydroxylation is 1. The molecule has 2 aromatic rings. The Hall–Kier alpha value is -2.44. The van der Waals surface area contributed by atoms with E-state index in [1.807, 2.05) is 13.8 Å². The number of carbonyl (C=O) groups is 2. The maximum absolute atomic E-state index is 13.0. The molecule has 0 aliphatic carbocycles. The summed E-state index contributed by atoms with van der Waals surface area (Å²) in [6.45, 7) is 6.56. The molecule has 0 saturated carbocycles. The first kappa shape index (κ1) is 16.4. The average Bonchev–Trinajstić information content (AvgIpc) is 2.94. The monoisotopic (exact) mass is 331 g/mol. The van der Waals surface area contributed by atoms with Gasteiger partial charge in [0.25, 0.3) is 11.6 Å². The van der Waals surface area contributed by atoms with E-state index in [4.69, 9.17) is 4.52 Å². The highest BCUT2D eigenvalue weighted by Gasteiger charge is 2.30. The van der Waals surface area contributed by atoms with Crippen molar-refractivity contribution in [1.29, 1.82) is 0 Å². The first-order valence-electron chi connectivity index (χ1n) is 8.17. The molecule has 128 valence electrons. The van der Waals surface area contributed by atoms with Crippen LogP contribution < -0.4 is 0 Å². The molecule has 3 rings (SSSR count). The van der Waals surface area contributed by atoms with E-state index in [1.165, 1.54) is 0 Å². The fourth-order valence-corrected chi connectivity index (χ4v) is 3.11. The number of hydrogen-bond donors (Lipinski definition) is 1. The minimum Gasteiger partial charge on any atom is -0.481 e. The Bertz CT molecular complexity index is 796. The Morgan fingerprint density at radius 2 is 2.17 bits per heavy atom. The third-order valence-electron chi connectivity index (χ3n) is 4.52. The molecule has 0 bridgehead atoms. The lowest BCUT2D eigenvalue weighted by Crippen LogP contribution is -2.42. The number of hydrogen-bond acceptors (Lipinski definition) is 5.